The fourth-order valence-corrected chi connectivity index (χ4v) is 2.83. The van der Waals surface area contributed by atoms with Gasteiger partial charge in [0.1, 0.15) is 0 Å². The van der Waals surface area contributed by atoms with E-state index in [4.69, 9.17) is 17.3 Å². The summed E-state index contributed by atoms with van der Waals surface area (Å²) in [5, 5.41) is 10.1. The van der Waals surface area contributed by atoms with E-state index >= 15 is 0 Å². The number of piperidine rings is 1. The SMILES string of the molecule is CC1CCC(C(N)=O)CN1c1ccc(Cl)cc1CO. The zero-order valence-electron chi connectivity index (χ0n) is 11.0. The van der Waals surface area contributed by atoms with E-state index in [9.17, 15) is 9.90 Å². The molecule has 0 bridgehead atoms. The maximum absolute atomic E-state index is 11.4. The van der Waals surface area contributed by atoms with Crippen molar-refractivity contribution in [2.75, 3.05) is 11.4 Å². The number of halogens is 1. The zero-order chi connectivity index (χ0) is 14.0. The molecule has 2 unspecified atom stereocenters. The Morgan fingerprint density at radius 1 is 1.53 bits per heavy atom. The minimum Gasteiger partial charge on any atom is -0.392 e. The normalized spacial score (nSPS) is 23.4. The number of nitrogens with two attached hydrogens (primary N) is 1. The number of rotatable bonds is 3. The van der Waals surface area contributed by atoms with Crippen LogP contribution in [0.3, 0.4) is 0 Å². The van der Waals surface area contributed by atoms with E-state index in [2.05, 4.69) is 11.8 Å². The van der Waals surface area contributed by atoms with Crippen LogP contribution in [0.15, 0.2) is 18.2 Å². The highest BCUT2D eigenvalue weighted by Gasteiger charge is 2.29. The molecule has 19 heavy (non-hydrogen) atoms. The summed E-state index contributed by atoms with van der Waals surface area (Å²) in [5.74, 6) is -0.380. The molecule has 2 atom stereocenters. The van der Waals surface area contributed by atoms with Gasteiger partial charge in [0, 0.05) is 28.9 Å². The van der Waals surface area contributed by atoms with Gasteiger partial charge in [-0.3, -0.25) is 4.79 Å². The van der Waals surface area contributed by atoms with Crippen LogP contribution in [-0.4, -0.2) is 23.6 Å². The molecule has 2 rings (SSSR count). The van der Waals surface area contributed by atoms with Gasteiger partial charge in [-0.05, 0) is 38.0 Å². The first-order valence-electron chi connectivity index (χ1n) is 6.48. The maximum Gasteiger partial charge on any atom is 0.222 e. The van der Waals surface area contributed by atoms with Gasteiger partial charge in [-0.25, -0.2) is 0 Å². The minimum absolute atomic E-state index is 0.0691. The van der Waals surface area contributed by atoms with Gasteiger partial charge in [0.05, 0.1) is 12.5 Å². The van der Waals surface area contributed by atoms with Gasteiger partial charge < -0.3 is 15.7 Å². The number of aliphatic hydroxyl groups excluding tert-OH is 1. The molecule has 1 aromatic carbocycles. The van der Waals surface area contributed by atoms with Gasteiger partial charge >= 0.3 is 0 Å². The molecule has 1 saturated heterocycles. The Bertz CT molecular complexity index is 479. The average molecular weight is 283 g/mol. The van der Waals surface area contributed by atoms with Gasteiger partial charge in [0.25, 0.3) is 0 Å². The molecule has 1 heterocycles. The highest BCUT2D eigenvalue weighted by atomic mass is 35.5. The number of carbonyl (C=O) groups is 1. The number of benzene rings is 1. The Labute approximate surface area is 118 Å². The smallest absolute Gasteiger partial charge is 0.222 e. The summed E-state index contributed by atoms with van der Waals surface area (Å²) in [7, 11) is 0. The van der Waals surface area contributed by atoms with Crippen molar-refractivity contribution in [2.24, 2.45) is 11.7 Å². The second-order valence-electron chi connectivity index (χ2n) is 5.11. The molecule has 5 heteroatoms. The van der Waals surface area contributed by atoms with Crippen molar-refractivity contribution in [3.8, 4) is 0 Å². The Hall–Kier alpha value is -1.26. The van der Waals surface area contributed by atoms with Crippen molar-refractivity contribution in [1.29, 1.82) is 0 Å². The highest BCUT2D eigenvalue weighted by molar-refractivity contribution is 6.30. The van der Waals surface area contributed by atoms with Crippen LogP contribution in [0.25, 0.3) is 0 Å². The molecule has 1 fully saturated rings. The molecule has 0 aliphatic carbocycles. The third-order valence-corrected chi connectivity index (χ3v) is 4.04. The first-order chi connectivity index (χ1) is 9.02. The van der Waals surface area contributed by atoms with Crippen LogP contribution in [0.4, 0.5) is 5.69 Å². The number of aliphatic hydroxyl groups is 1. The van der Waals surface area contributed by atoms with Gasteiger partial charge in [0.15, 0.2) is 0 Å². The molecule has 0 spiro atoms. The van der Waals surface area contributed by atoms with Crippen LogP contribution in [-0.2, 0) is 11.4 Å². The Morgan fingerprint density at radius 3 is 2.89 bits per heavy atom. The predicted molar refractivity (Wildman–Crippen MR) is 76.1 cm³/mol. The quantitative estimate of drug-likeness (QED) is 0.890. The number of hydrogen-bond acceptors (Lipinski definition) is 3. The van der Waals surface area contributed by atoms with Crippen molar-refractivity contribution in [2.45, 2.75) is 32.4 Å². The summed E-state index contributed by atoms with van der Waals surface area (Å²) in [6.45, 7) is 2.65. The predicted octanol–water partition coefficient (Wildman–Crippen LogP) is 1.92. The number of anilines is 1. The Kier molecular flexibility index (Phi) is 4.32. The summed E-state index contributed by atoms with van der Waals surface area (Å²) in [4.78, 5) is 13.5. The lowest BCUT2D eigenvalue weighted by molar-refractivity contribution is -0.122. The first-order valence-corrected chi connectivity index (χ1v) is 6.86. The van der Waals surface area contributed by atoms with Gasteiger partial charge in [0.2, 0.25) is 5.91 Å². The minimum atomic E-state index is -0.253. The lowest BCUT2D eigenvalue weighted by Gasteiger charge is -2.39. The summed E-state index contributed by atoms with van der Waals surface area (Å²) in [6, 6.07) is 5.78. The van der Waals surface area contributed by atoms with E-state index in [1.54, 1.807) is 12.1 Å². The standard InChI is InChI=1S/C14H19ClN2O2/c1-9-2-3-10(14(16)19)7-17(9)13-5-4-12(15)6-11(13)8-18/h4-6,9-10,18H,2-3,7-8H2,1H3,(H2,16,19). The van der Waals surface area contributed by atoms with Crippen molar-refractivity contribution in [3.63, 3.8) is 0 Å². The van der Waals surface area contributed by atoms with Crippen molar-refractivity contribution in [1.82, 2.24) is 0 Å². The molecular formula is C14H19ClN2O2. The molecule has 0 radical (unpaired) electrons. The Morgan fingerprint density at radius 2 is 2.26 bits per heavy atom. The zero-order valence-corrected chi connectivity index (χ0v) is 11.7. The van der Waals surface area contributed by atoms with Crippen molar-refractivity contribution < 1.29 is 9.90 Å². The van der Waals surface area contributed by atoms with Crippen LogP contribution in [0.2, 0.25) is 5.02 Å². The third kappa shape index (κ3) is 3.01. The van der Waals surface area contributed by atoms with Crippen LogP contribution >= 0.6 is 11.6 Å². The summed E-state index contributed by atoms with van der Waals surface area (Å²) < 4.78 is 0. The van der Waals surface area contributed by atoms with E-state index in [1.165, 1.54) is 0 Å². The van der Waals surface area contributed by atoms with E-state index < -0.39 is 0 Å². The maximum atomic E-state index is 11.4. The van der Waals surface area contributed by atoms with Gasteiger partial charge in [-0.15, -0.1) is 0 Å². The van der Waals surface area contributed by atoms with Gasteiger partial charge in [-0.1, -0.05) is 11.6 Å². The third-order valence-electron chi connectivity index (χ3n) is 3.81. The largest absolute Gasteiger partial charge is 0.392 e. The lowest BCUT2D eigenvalue weighted by Crippen LogP contribution is -2.46. The molecule has 4 nitrogen and oxygen atoms in total. The molecule has 0 aromatic heterocycles. The first kappa shape index (κ1) is 14.2. The summed E-state index contributed by atoms with van der Waals surface area (Å²) >= 11 is 5.95. The number of carbonyl (C=O) groups excluding carboxylic acids is 1. The molecule has 104 valence electrons. The summed E-state index contributed by atoms with van der Waals surface area (Å²) in [5.41, 5.74) is 7.13. The van der Waals surface area contributed by atoms with Crippen molar-refractivity contribution >= 4 is 23.2 Å². The van der Waals surface area contributed by atoms with Crippen molar-refractivity contribution in [3.05, 3.63) is 28.8 Å². The molecule has 1 aliphatic rings. The second kappa shape index (κ2) is 5.80. The van der Waals surface area contributed by atoms with E-state index in [0.29, 0.717) is 17.6 Å². The number of primary amides is 1. The molecular weight excluding hydrogens is 264 g/mol. The highest BCUT2D eigenvalue weighted by Crippen LogP contribution is 2.31. The van der Waals surface area contributed by atoms with Crippen LogP contribution < -0.4 is 10.6 Å². The average Bonchev–Trinajstić information content (AvgIpc) is 2.39. The lowest BCUT2D eigenvalue weighted by atomic mass is 9.92. The molecule has 0 saturated carbocycles. The number of nitrogens with zero attached hydrogens (tertiary/aromatic N) is 1. The topological polar surface area (TPSA) is 66.6 Å². The summed E-state index contributed by atoms with van der Waals surface area (Å²) in [6.07, 6.45) is 1.75. The fraction of sp³-hybridized carbons (Fsp3) is 0.500. The number of amides is 1. The molecule has 1 amide bonds. The van der Waals surface area contributed by atoms with E-state index in [-0.39, 0.29) is 18.4 Å². The molecule has 3 N–H and O–H groups in total. The van der Waals surface area contributed by atoms with Crippen LogP contribution in [0.5, 0.6) is 0 Å². The van der Waals surface area contributed by atoms with Gasteiger partial charge in [-0.2, -0.15) is 0 Å². The van der Waals surface area contributed by atoms with Crippen LogP contribution in [0, 0.1) is 5.92 Å². The molecule has 1 aromatic rings. The molecule has 1 aliphatic heterocycles. The van der Waals surface area contributed by atoms with E-state index in [0.717, 1.165) is 24.1 Å². The monoisotopic (exact) mass is 282 g/mol. The fourth-order valence-electron chi connectivity index (χ4n) is 2.64. The Balaban J connectivity index is 2.30. The number of hydrogen-bond donors (Lipinski definition) is 2. The van der Waals surface area contributed by atoms with Crippen LogP contribution in [0.1, 0.15) is 25.3 Å². The second-order valence-corrected chi connectivity index (χ2v) is 5.55. The van der Waals surface area contributed by atoms with E-state index in [1.807, 2.05) is 6.07 Å².